The van der Waals surface area contributed by atoms with Crippen molar-refractivity contribution in [3.05, 3.63) is 68.9 Å². The molecule has 0 fully saturated rings. The van der Waals surface area contributed by atoms with Gasteiger partial charge in [0.1, 0.15) is 5.82 Å². The normalized spacial score (nSPS) is 12.4. The second kappa shape index (κ2) is 6.51. The van der Waals surface area contributed by atoms with Crippen molar-refractivity contribution in [3.8, 4) is 0 Å². The summed E-state index contributed by atoms with van der Waals surface area (Å²) >= 11 is 9.34. The Bertz CT molecular complexity index is 574. The van der Waals surface area contributed by atoms with Crippen LogP contribution in [-0.2, 0) is 6.42 Å². The standard InChI is InChI=1S/C15H14BrClFN/c1-19-14(11-6-2-3-7-12(11)16)9-10-5-4-8-13(17)15(10)18/h2-8,14,19H,9H2,1H3. The van der Waals surface area contributed by atoms with Gasteiger partial charge < -0.3 is 5.32 Å². The van der Waals surface area contributed by atoms with Crippen molar-refractivity contribution in [1.29, 1.82) is 0 Å². The van der Waals surface area contributed by atoms with Gasteiger partial charge in [0.2, 0.25) is 0 Å². The first-order valence-electron chi connectivity index (χ1n) is 5.98. The number of halogens is 3. The zero-order chi connectivity index (χ0) is 13.8. The average Bonchev–Trinajstić information content (AvgIpc) is 2.41. The molecule has 1 unspecified atom stereocenters. The molecule has 0 aliphatic carbocycles. The largest absolute Gasteiger partial charge is 0.313 e. The highest BCUT2D eigenvalue weighted by atomic mass is 79.9. The molecule has 19 heavy (non-hydrogen) atoms. The minimum absolute atomic E-state index is 0.0311. The van der Waals surface area contributed by atoms with E-state index in [1.165, 1.54) is 0 Å². The maximum absolute atomic E-state index is 13.9. The van der Waals surface area contributed by atoms with Crippen LogP contribution in [0.15, 0.2) is 46.9 Å². The Hall–Kier alpha value is -0.900. The fourth-order valence-electron chi connectivity index (χ4n) is 2.05. The summed E-state index contributed by atoms with van der Waals surface area (Å²) in [5, 5.41) is 3.38. The number of nitrogens with one attached hydrogen (secondary N) is 1. The highest BCUT2D eigenvalue weighted by Crippen LogP contribution is 2.28. The first kappa shape index (κ1) is 14.5. The van der Waals surface area contributed by atoms with Crippen LogP contribution in [0, 0.1) is 5.82 Å². The highest BCUT2D eigenvalue weighted by molar-refractivity contribution is 9.10. The number of hydrogen-bond donors (Lipinski definition) is 1. The van der Waals surface area contributed by atoms with Gasteiger partial charge in [-0.2, -0.15) is 0 Å². The molecule has 0 spiro atoms. The van der Waals surface area contributed by atoms with Gasteiger partial charge in [0.15, 0.2) is 0 Å². The van der Waals surface area contributed by atoms with Crippen LogP contribution >= 0.6 is 27.5 Å². The van der Waals surface area contributed by atoms with E-state index in [9.17, 15) is 4.39 Å². The predicted molar refractivity (Wildman–Crippen MR) is 81.1 cm³/mol. The van der Waals surface area contributed by atoms with E-state index in [0.717, 1.165) is 10.0 Å². The molecule has 2 rings (SSSR count). The van der Waals surface area contributed by atoms with Gasteiger partial charge in [0.25, 0.3) is 0 Å². The van der Waals surface area contributed by atoms with Gasteiger partial charge in [-0.05, 0) is 36.7 Å². The molecule has 0 aliphatic heterocycles. The molecule has 2 aromatic carbocycles. The Balaban J connectivity index is 2.30. The lowest BCUT2D eigenvalue weighted by atomic mass is 9.99. The van der Waals surface area contributed by atoms with Gasteiger partial charge in [-0.15, -0.1) is 0 Å². The molecule has 1 atom stereocenters. The third-order valence-corrected chi connectivity index (χ3v) is 4.10. The van der Waals surface area contributed by atoms with Crippen LogP contribution in [-0.4, -0.2) is 7.05 Å². The monoisotopic (exact) mass is 341 g/mol. The second-order valence-electron chi connectivity index (χ2n) is 4.28. The van der Waals surface area contributed by atoms with E-state index in [1.807, 2.05) is 31.3 Å². The molecule has 2 aromatic rings. The molecule has 4 heteroatoms. The lowest BCUT2D eigenvalue weighted by molar-refractivity contribution is 0.553. The Kier molecular flexibility index (Phi) is 4.97. The second-order valence-corrected chi connectivity index (χ2v) is 5.54. The lowest BCUT2D eigenvalue weighted by Gasteiger charge is -2.18. The summed E-state index contributed by atoms with van der Waals surface area (Å²) in [7, 11) is 1.87. The molecule has 1 nitrogen and oxygen atoms in total. The maximum Gasteiger partial charge on any atom is 0.145 e. The minimum atomic E-state index is -0.337. The van der Waals surface area contributed by atoms with Crippen molar-refractivity contribution in [2.24, 2.45) is 0 Å². The summed E-state index contributed by atoms with van der Waals surface area (Å²) in [4.78, 5) is 0. The molecule has 0 amide bonds. The summed E-state index contributed by atoms with van der Waals surface area (Å²) in [6.07, 6.45) is 0.547. The molecule has 0 saturated heterocycles. The predicted octanol–water partition coefficient (Wildman–Crippen LogP) is 4.74. The molecule has 0 aliphatic rings. The average molecular weight is 343 g/mol. The molecule has 0 aromatic heterocycles. The van der Waals surface area contributed by atoms with Crippen molar-refractivity contribution in [3.63, 3.8) is 0 Å². The fourth-order valence-corrected chi connectivity index (χ4v) is 2.81. The summed E-state index contributed by atoms with van der Waals surface area (Å²) in [5.41, 5.74) is 1.71. The van der Waals surface area contributed by atoms with Gasteiger partial charge in [-0.25, -0.2) is 4.39 Å². The topological polar surface area (TPSA) is 12.0 Å². The zero-order valence-corrected chi connectivity index (χ0v) is 12.8. The van der Waals surface area contributed by atoms with Crippen molar-refractivity contribution >= 4 is 27.5 Å². The van der Waals surface area contributed by atoms with Crippen LogP contribution in [0.3, 0.4) is 0 Å². The summed E-state index contributed by atoms with van der Waals surface area (Å²) < 4.78 is 15.0. The van der Waals surface area contributed by atoms with Crippen molar-refractivity contribution in [1.82, 2.24) is 5.32 Å². The first-order chi connectivity index (χ1) is 9.13. The Morgan fingerprint density at radius 2 is 1.95 bits per heavy atom. The summed E-state index contributed by atoms with van der Waals surface area (Å²) in [6, 6.07) is 13.1. The molecule has 0 heterocycles. The van der Waals surface area contributed by atoms with Crippen LogP contribution in [0.1, 0.15) is 17.2 Å². The first-order valence-corrected chi connectivity index (χ1v) is 7.15. The Labute approximate surface area is 125 Å². The van der Waals surface area contributed by atoms with Crippen LogP contribution in [0.5, 0.6) is 0 Å². The van der Waals surface area contributed by atoms with E-state index in [2.05, 4.69) is 21.2 Å². The van der Waals surface area contributed by atoms with E-state index < -0.39 is 0 Å². The molecule has 0 saturated carbocycles. The van der Waals surface area contributed by atoms with Crippen molar-refractivity contribution < 1.29 is 4.39 Å². The Morgan fingerprint density at radius 1 is 1.21 bits per heavy atom. The lowest BCUT2D eigenvalue weighted by Crippen LogP contribution is -2.19. The number of likely N-dealkylation sites (N-methyl/N-ethyl adjacent to an activating group) is 1. The number of rotatable bonds is 4. The van der Waals surface area contributed by atoms with Crippen LogP contribution in [0.4, 0.5) is 4.39 Å². The van der Waals surface area contributed by atoms with E-state index in [1.54, 1.807) is 18.2 Å². The van der Waals surface area contributed by atoms with Gasteiger partial charge in [-0.3, -0.25) is 0 Å². The van der Waals surface area contributed by atoms with Crippen molar-refractivity contribution in [2.75, 3.05) is 7.05 Å². The SMILES string of the molecule is CNC(Cc1cccc(Cl)c1F)c1ccccc1Br. The molecular formula is C15H14BrClFN. The molecule has 0 bridgehead atoms. The quantitative estimate of drug-likeness (QED) is 0.846. The van der Waals surface area contributed by atoms with E-state index in [-0.39, 0.29) is 16.9 Å². The van der Waals surface area contributed by atoms with Gasteiger partial charge >= 0.3 is 0 Å². The molecule has 100 valence electrons. The van der Waals surface area contributed by atoms with E-state index in [0.29, 0.717) is 12.0 Å². The van der Waals surface area contributed by atoms with Crippen LogP contribution in [0.25, 0.3) is 0 Å². The fraction of sp³-hybridized carbons (Fsp3) is 0.200. The zero-order valence-electron chi connectivity index (χ0n) is 10.5. The third-order valence-electron chi connectivity index (χ3n) is 3.08. The van der Waals surface area contributed by atoms with Gasteiger partial charge in [-0.1, -0.05) is 57.9 Å². The van der Waals surface area contributed by atoms with E-state index in [4.69, 9.17) is 11.6 Å². The smallest absolute Gasteiger partial charge is 0.145 e. The molecule has 1 N–H and O–H groups in total. The maximum atomic E-state index is 13.9. The van der Waals surface area contributed by atoms with Crippen LogP contribution < -0.4 is 5.32 Å². The minimum Gasteiger partial charge on any atom is -0.313 e. The number of hydrogen-bond acceptors (Lipinski definition) is 1. The third kappa shape index (κ3) is 3.35. The summed E-state index contributed by atoms with van der Waals surface area (Å²) in [5.74, 6) is -0.337. The summed E-state index contributed by atoms with van der Waals surface area (Å²) in [6.45, 7) is 0. The molecule has 0 radical (unpaired) electrons. The Morgan fingerprint density at radius 3 is 2.63 bits per heavy atom. The van der Waals surface area contributed by atoms with Gasteiger partial charge in [0.05, 0.1) is 5.02 Å². The van der Waals surface area contributed by atoms with Gasteiger partial charge in [0, 0.05) is 10.5 Å². The number of benzene rings is 2. The highest BCUT2D eigenvalue weighted by Gasteiger charge is 2.16. The van der Waals surface area contributed by atoms with Crippen LogP contribution in [0.2, 0.25) is 5.02 Å². The molecular weight excluding hydrogens is 329 g/mol. The van der Waals surface area contributed by atoms with Crippen molar-refractivity contribution in [2.45, 2.75) is 12.5 Å². The van der Waals surface area contributed by atoms with E-state index >= 15 is 0 Å².